The molecule has 0 aliphatic carbocycles. The van der Waals surface area contributed by atoms with Crippen molar-refractivity contribution in [2.24, 2.45) is 11.8 Å². The molecule has 5 N–H and O–H groups in total. The van der Waals surface area contributed by atoms with E-state index in [9.17, 15) is 5.11 Å². The minimum atomic E-state index is -0.460. The number of aliphatic hydroxyl groups is 1. The SMILES string of the molecule is CCN(CC)c1nc(NN)nc(NCC(O)C(C)C)n1. The van der Waals surface area contributed by atoms with Crippen LogP contribution in [0.1, 0.15) is 27.7 Å². The van der Waals surface area contributed by atoms with Crippen molar-refractivity contribution in [2.45, 2.75) is 33.8 Å². The topological polar surface area (TPSA) is 112 Å². The van der Waals surface area contributed by atoms with Crippen molar-refractivity contribution in [3.8, 4) is 0 Å². The maximum absolute atomic E-state index is 9.80. The zero-order valence-corrected chi connectivity index (χ0v) is 12.6. The summed E-state index contributed by atoms with van der Waals surface area (Å²) < 4.78 is 0. The number of anilines is 3. The van der Waals surface area contributed by atoms with Crippen molar-refractivity contribution in [3.05, 3.63) is 0 Å². The fourth-order valence-electron chi connectivity index (χ4n) is 1.59. The molecular formula is C12H25N7O. The normalized spacial score (nSPS) is 12.3. The highest BCUT2D eigenvalue weighted by Gasteiger charge is 2.13. The van der Waals surface area contributed by atoms with Crippen molar-refractivity contribution in [3.63, 3.8) is 0 Å². The summed E-state index contributed by atoms with van der Waals surface area (Å²) in [4.78, 5) is 14.7. The Hall–Kier alpha value is -1.67. The van der Waals surface area contributed by atoms with Crippen LogP contribution in [0.2, 0.25) is 0 Å². The molecule has 0 amide bonds. The summed E-state index contributed by atoms with van der Waals surface area (Å²) in [6.07, 6.45) is -0.460. The minimum Gasteiger partial charge on any atom is -0.391 e. The van der Waals surface area contributed by atoms with E-state index in [0.717, 1.165) is 13.1 Å². The van der Waals surface area contributed by atoms with Crippen LogP contribution in [-0.2, 0) is 0 Å². The minimum absolute atomic E-state index is 0.165. The van der Waals surface area contributed by atoms with E-state index in [4.69, 9.17) is 5.84 Å². The lowest BCUT2D eigenvalue weighted by Gasteiger charge is -2.20. The smallest absolute Gasteiger partial charge is 0.243 e. The average Bonchev–Trinajstić information content (AvgIpc) is 2.45. The predicted octanol–water partition coefficient (Wildman–Crippen LogP) is 0.432. The molecule has 1 atom stereocenters. The van der Waals surface area contributed by atoms with Crippen molar-refractivity contribution < 1.29 is 5.11 Å². The van der Waals surface area contributed by atoms with Gasteiger partial charge in [-0.3, -0.25) is 5.43 Å². The molecule has 0 aliphatic rings. The largest absolute Gasteiger partial charge is 0.391 e. The van der Waals surface area contributed by atoms with Gasteiger partial charge in [-0.25, -0.2) is 5.84 Å². The lowest BCUT2D eigenvalue weighted by atomic mass is 10.1. The number of nitrogens with two attached hydrogens (primary N) is 1. The van der Waals surface area contributed by atoms with Gasteiger partial charge in [0.05, 0.1) is 6.10 Å². The molecule has 1 unspecified atom stereocenters. The van der Waals surface area contributed by atoms with Gasteiger partial charge in [-0.15, -0.1) is 0 Å². The summed E-state index contributed by atoms with van der Waals surface area (Å²) in [5, 5.41) is 12.8. The van der Waals surface area contributed by atoms with E-state index in [0.29, 0.717) is 24.4 Å². The zero-order chi connectivity index (χ0) is 15.1. The van der Waals surface area contributed by atoms with E-state index in [1.165, 1.54) is 0 Å². The van der Waals surface area contributed by atoms with Gasteiger partial charge in [0.2, 0.25) is 17.8 Å². The van der Waals surface area contributed by atoms with E-state index >= 15 is 0 Å². The molecule has 114 valence electrons. The quantitative estimate of drug-likeness (QED) is 0.401. The van der Waals surface area contributed by atoms with Crippen molar-refractivity contribution in [2.75, 3.05) is 35.3 Å². The van der Waals surface area contributed by atoms with Crippen LogP contribution in [0.3, 0.4) is 0 Å². The Kier molecular flexibility index (Phi) is 6.40. The van der Waals surface area contributed by atoms with E-state index in [-0.39, 0.29) is 5.92 Å². The molecule has 0 saturated heterocycles. The van der Waals surface area contributed by atoms with Crippen LogP contribution in [-0.4, -0.2) is 45.8 Å². The first-order chi connectivity index (χ1) is 9.51. The summed E-state index contributed by atoms with van der Waals surface area (Å²) in [5.41, 5.74) is 2.43. The van der Waals surface area contributed by atoms with Crippen LogP contribution < -0.4 is 21.5 Å². The first-order valence-corrected chi connectivity index (χ1v) is 6.91. The molecule has 0 saturated carbocycles. The second-order valence-corrected chi connectivity index (χ2v) is 4.79. The second-order valence-electron chi connectivity index (χ2n) is 4.79. The monoisotopic (exact) mass is 283 g/mol. The molecule has 0 bridgehead atoms. The molecule has 8 heteroatoms. The van der Waals surface area contributed by atoms with Crippen LogP contribution >= 0.6 is 0 Å². The molecular weight excluding hydrogens is 258 g/mol. The van der Waals surface area contributed by atoms with Crippen LogP contribution in [0, 0.1) is 5.92 Å². The molecule has 0 fully saturated rings. The van der Waals surface area contributed by atoms with Gasteiger partial charge in [-0.1, -0.05) is 13.8 Å². The summed E-state index contributed by atoms with van der Waals surface area (Å²) in [5.74, 6) is 6.79. The highest BCUT2D eigenvalue weighted by Crippen LogP contribution is 2.13. The number of hydrogen-bond acceptors (Lipinski definition) is 8. The standard InChI is InChI=1S/C12H25N7O/c1-5-19(6-2)12-16-10(15-11(17-12)18-13)14-7-9(20)8(3)4/h8-9,20H,5-7,13H2,1-4H3,(H2,14,15,16,17,18). The van der Waals surface area contributed by atoms with Gasteiger partial charge in [0, 0.05) is 19.6 Å². The average molecular weight is 283 g/mol. The highest BCUT2D eigenvalue weighted by atomic mass is 16.3. The first kappa shape index (κ1) is 16.4. The molecule has 0 radical (unpaired) electrons. The van der Waals surface area contributed by atoms with Crippen LogP contribution in [0.15, 0.2) is 0 Å². The highest BCUT2D eigenvalue weighted by molar-refractivity contribution is 5.43. The van der Waals surface area contributed by atoms with E-state index in [1.807, 2.05) is 32.6 Å². The third-order valence-corrected chi connectivity index (χ3v) is 3.04. The third-order valence-electron chi connectivity index (χ3n) is 3.04. The lowest BCUT2D eigenvalue weighted by Crippen LogP contribution is -2.28. The Morgan fingerprint density at radius 2 is 1.75 bits per heavy atom. The number of aliphatic hydroxyl groups excluding tert-OH is 1. The second kappa shape index (κ2) is 7.81. The van der Waals surface area contributed by atoms with Gasteiger partial charge in [0.15, 0.2) is 0 Å². The van der Waals surface area contributed by atoms with Gasteiger partial charge >= 0.3 is 0 Å². The van der Waals surface area contributed by atoms with Crippen molar-refractivity contribution >= 4 is 17.8 Å². The van der Waals surface area contributed by atoms with Crippen LogP contribution in [0.5, 0.6) is 0 Å². The number of aromatic nitrogens is 3. The molecule has 1 rings (SSSR count). The number of rotatable bonds is 8. The third kappa shape index (κ3) is 4.46. The Morgan fingerprint density at radius 1 is 1.15 bits per heavy atom. The van der Waals surface area contributed by atoms with Crippen LogP contribution in [0.25, 0.3) is 0 Å². The molecule has 8 nitrogen and oxygen atoms in total. The Balaban J connectivity index is 2.87. The fourth-order valence-corrected chi connectivity index (χ4v) is 1.59. The molecule has 1 aromatic heterocycles. The fraction of sp³-hybridized carbons (Fsp3) is 0.750. The van der Waals surface area contributed by atoms with Gasteiger partial charge in [-0.2, -0.15) is 15.0 Å². The number of hydrazine groups is 1. The van der Waals surface area contributed by atoms with E-state index < -0.39 is 6.10 Å². The van der Waals surface area contributed by atoms with Gasteiger partial charge in [0.25, 0.3) is 0 Å². The molecule has 0 aliphatic heterocycles. The predicted molar refractivity (Wildman–Crippen MR) is 80.5 cm³/mol. The number of nitrogen functional groups attached to an aromatic ring is 1. The summed E-state index contributed by atoms with van der Waals surface area (Å²) >= 11 is 0. The van der Waals surface area contributed by atoms with E-state index in [1.54, 1.807) is 0 Å². The molecule has 20 heavy (non-hydrogen) atoms. The molecule has 0 spiro atoms. The van der Waals surface area contributed by atoms with Crippen molar-refractivity contribution in [1.82, 2.24) is 15.0 Å². The first-order valence-electron chi connectivity index (χ1n) is 6.91. The summed E-state index contributed by atoms with van der Waals surface area (Å²) in [7, 11) is 0. The van der Waals surface area contributed by atoms with E-state index in [2.05, 4.69) is 25.7 Å². The summed E-state index contributed by atoms with van der Waals surface area (Å²) in [6.45, 7) is 9.92. The molecule has 0 aromatic carbocycles. The zero-order valence-electron chi connectivity index (χ0n) is 12.6. The Morgan fingerprint density at radius 3 is 2.25 bits per heavy atom. The van der Waals surface area contributed by atoms with Crippen molar-refractivity contribution in [1.29, 1.82) is 0 Å². The Bertz CT molecular complexity index is 409. The number of hydrogen-bond donors (Lipinski definition) is 4. The van der Waals surface area contributed by atoms with Gasteiger partial charge in [-0.05, 0) is 19.8 Å². The maximum atomic E-state index is 9.80. The summed E-state index contributed by atoms with van der Waals surface area (Å²) in [6, 6.07) is 0. The van der Waals surface area contributed by atoms with Gasteiger partial charge in [0.1, 0.15) is 0 Å². The molecule has 1 heterocycles. The Labute approximate surface area is 119 Å². The number of nitrogens with one attached hydrogen (secondary N) is 2. The number of nitrogens with zero attached hydrogens (tertiary/aromatic N) is 4. The van der Waals surface area contributed by atoms with Gasteiger partial charge < -0.3 is 15.3 Å². The van der Waals surface area contributed by atoms with Crippen LogP contribution in [0.4, 0.5) is 17.8 Å². The lowest BCUT2D eigenvalue weighted by molar-refractivity contribution is 0.137. The molecule has 1 aromatic rings. The maximum Gasteiger partial charge on any atom is 0.243 e.